The highest BCUT2D eigenvalue weighted by Gasteiger charge is 2.36. The summed E-state index contributed by atoms with van der Waals surface area (Å²) in [6, 6.07) is 10.2. The molecule has 2 aromatic rings. The van der Waals surface area contributed by atoms with E-state index in [-0.39, 0.29) is 17.6 Å². The molecule has 1 aliphatic heterocycles. The fourth-order valence-corrected chi connectivity index (χ4v) is 3.62. The largest absolute Gasteiger partial charge is 0.383 e. The van der Waals surface area contributed by atoms with Gasteiger partial charge in [-0.05, 0) is 30.9 Å². The molecule has 1 aliphatic carbocycles. The molecule has 1 aromatic carbocycles. The predicted molar refractivity (Wildman–Crippen MR) is 95.4 cm³/mol. The number of nitrogens with zero attached hydrogens (tertiary/aromatic N) is 3. The Morgan fingerprint density at radius 2 is 2.12 bits per heavy atom. The van der Waals surface area contributed by atoms with Crippen LogP contribution < -0.4 is 5.73 Å². The number of nitrogens with two attached hydrogens (primary N) is 1. The van der Waals surface area contributed by atoms with Gasteiger partial charge < -0.3 is 10.6 Å². The molecule has 4 rings (SSSR count). The first-order chi connectivity index (χ1) is 12.1. The van der Waals surface area contributed by atoms with Gasteiger partial charge in [-0.3, -0.25) is 4.79 Å². The molecule has 25 heavy (non-hydrogen) atoms. The van der Waals surface area contributed by atoms with E-state index in [1.165, 1.54) is 0 Å². The number of benzene rings is 1. The van der Waals surface area contributed by atoms with E-state index in [0.717, 1.165) is 40.8 Å². The number of fused-ring (bicyclic) bond motifs is 1. The number of carbonyl (C=O) groups is 1. The molecule has 2 N–H and O–H groups in total. The zero-order valence-corrected chi connectivity index (χ0v) is 14.2. The molecule has 1 amide bonds. The summed E-state index contributed by atoms with van der Waals surface area (Å²) >= 11 is 0. The first-order valence-corrected chi connectivity index (χ1v) is 8.66. The van der Waals surface area contributed by atoms with Gasteiger partial charge >= 0.3 is 0 Å². The Labute approximate surface area is 147 Å². The molecule has 2 heterocycles. The van der Waals surface area contributed by atoms with Gasteiger partial charge in [0.25, 0.3) is 0 Å². The van der Waals surface area contributed by atoms with Gasteiger partial charge in [0.05, 0.1) is 5.69 Å². The minimum Gasteiger partial charge on any atom is -0.383 e. The summed E-state index contributed by atoms with van der Waals surface area (Å²) in [5, 5.41) is 9.68. The normalized spacial score (nSPS) is 16.2. The van der Waals surface area contributed by atoms with E-state index in [1.807, 2.05) is 36.1 Å². The molecule has 0 saturated heterocycles. The van der Waals surface area contributed by atoms with Gasteiger partial charge in [0.15, 0.2) is 0 Å². The van der Waals surface area contributed by atoms with Crippen LogP contribution in [0, 0.1) is 24.2 Å². The third-order valence-corrected chi connectivity index (χ3v) is 5.14. The molecule has 0 unspecified atom stereocenters. The van der Waals surface area contributed by atoms with Gasteiger partial charge in [0.2, 0.25) is 5.91 Å². The molecule has 5 nitrogen and oxygen atoms in total. The Morgan fingerprint density at radius 1 is 1.36 bits per heavy atom. The second-order valence-electron chi connectivity index (χ2n) is 6.88. The van der Waals surface area contributed by atoms with Gasteiger partial charge in [-0.2, -0.15) is 5.26 Å². The van der Waals surface area contributed by atoms with Crippen LogP contribution in [0.3, 0.4) is 0 Å². The van der Waals surface area contributed by atoms with Crippen molar-refractivity contribution >= 4 is 11.7 Å². The zero-order valence-electron chi connectivity index (χ0n) is 14.2. The van der Waals surface area contributed by atoms with Crippen molar-refractivity contribution in [3.8, 4) is 17.2 Å². The molecule has 0 radical (unpaired) electrons. The van der Waals surface area contributed by atoms with Crippen molar-refractivity contribution in [2.75, 3.05) is 12.3 Å². The number of nitrogen functional groups attached to an aromatic ring is 1. The van der Waals surface area contributed by atoms with Gasteiger partial charge in [-0.25, -0.2) is 4.98 Å². The molecule has 5 heteroatoms. The lowest BCUT2D eigenvalue weighted by Crippen LogP contribution is -2.37. The number of hydrogen-bond donors (Lipinski definition) is 1. The number of hydrogen-bond acceptors (Lipinski definition) is 4. The van der Waals surface area contributed by atoms with Gasteiger partial charge in [-0.1, -0.05) is 24.3 Å². The van der Waals surface area contributed by atoms with E-state index >= 15 is 0 Å². The van der Waals surface area contributed by atoms with Crippen molar-refractivity contribution in [1.82, 2.24) is 9.88 Å². The number of nitriles is 1. The molecular weight excluding hydrogens is 312 g/mol. The summed E-state index contributed by atoms with van der Waals surface area (Å²) in [6.07, 6.45) is 2.68. The van der Waals surface area contributed by atoms with Crippen LogP contribution in [-0.2, 0) is 17.8 Å². The zero-order chi connectivity index (χ0) is 17.6. The van der Waals surface area contributed by atoms with Gasteiger partial charge in [0.1, 0.15) is 17.5 Å². The first-order valence-electron chi connectivity index (χ1n) is 8.66. The summed E-state index contributed by atoms with van der Waals surface area (Å²) < 4.78 is 0. The van der Waals surface area contributed by atoms with Crippen LogP contribution in [0.2, 0.25) is 0 Å². The van der Waals surface area contributed by atoms with E-state index in [0.29, 0.717) is 25.1 Å². The summed E-state index contributed by atoms with van der Waals surface area (Å²) in [7, 11) is 0. The fraction of sp³-hybridized carbons (Fsp3) is 0.350. The standard InChI is InChI=1S/C20H20N4O/c1-12-4-2-3-5-14(12)18-15(10-21)19(22)23-17-8-9-24(11-16(17)18)20(25)13-6-7-13/h2-5,13H,6-9,11H2,1H3,(H2,22,23). The van der Waals surface area contributed by atoms with Crippen molar-refractivity contribution in [3.63, 3.8) is 0 Å². The number of aromatic nitrogens is 1. The predicted octanol–water partition coefficient (Wildman–Crippen LogP) is 2.81. The molecule has 0 atom stereocenters. The summed E-state index contributed by atoms with van der Waals surface area (Å²) in [5.41, 5.74) is 11.3. The van der Waals surface area contributed by atoms with Gasteiger partial charge in [0, 0.05) is 36.6 Å². The average molecular weight is 332 g/mol. The molecule has 0 spiro atoms. The molecule has 0 bridgehead atoms. The minimum absolute atomic E-state index is 0.195. The van der Waals surface area contributed by atoms with E-state index in [4.69, 9.17) is 5.73 Å². The van der Waals surface area contributed by atoms with Gasteiger partial charge in [-0.15, -0.1) is 0 Å². The van der Waals surface area contributed by atoms with Crippen molar-refractivity contribution in [1.29, 1.82) is 5.26 Å². The molecule has 126 valence electrons. The smallest absolute Gasteiger partial charge is 0.225 e. The Kier molecular flexibility index (Phi) is 3.69. The average Bonchev–Trinajstić information content (AvgIpc) is 3.45. The van der Waals surface area contributed by atoms with Crippen molar-refractivity contribution in [3.05, 3.63) is 46.6 Å². The maximum Gasteiger partial charge on any atom is 0.225 e. The Balaban J connectivity index is 1.88. The number of carbonyl (C=O) groups excluding carboxylic acids is 1. The number of amides is 1. The van der Waals surface area contributed by atoms with Crippen molar-refractivity contribution in [2.24, 2.45) is 5.92 Å². The summed E-state index contributed by atoms with van der Waals surface area (Å²) in [5.74, 6) is 0.707. The van der Waals surface area contributed by atoms with Crippen molar-refractivity contribution in [2.45, 2.75) is 32.7 Å². The van der Waals surface area contributed by atoms with Crippen LogP contribution in [0.25, 0.3) is 11.1 Å². The SMILES string of the molecule is Cc1ccccc1-c1c(C#N)c(N)nc2c1CN(C(=O)C1CC1)CC2. The monoisotopic (exact) mass is 332 g/mol. The lowest BCUT2D eigenvalue weighted by Gasteiger charge is -2.31. The Bertz CT molecular complexity index is 909. The molecule has 2 aliphatic rings. The highest BCUT2D eigenvalue weighted by atomic mass is 16.2. The van der Waals surface area contributed by atoms with Crippen LogP contribution in [0.15, 0.2) is 24.3 Å². The maximum absolute atomic E-state index is 12.5. The quantitative estimate of drug-likeness (QED) is 0.916. The molecule has 1 saturated carbocycles. The molecule has 1 aromatic heterocycles. The first kappa shape index (κ1) is 15.6. The molecule has 1 fully saturated rings. The summed E-state index contributed by atoms with van der Waals surface area (Å²) in [4.78, 5) is 18.9. The second-order valence-corrected chi connectivity index (χ2v) is 6.88. The lowest BCUT2D eigenvalue weighted by atomic mass is 9.89. The van der Waals surface area contributed by atoms with Crippen LogP contribution >= 0.6 is 0 Å². The fourth-order valence-electron chi connectivity index (χ4n) is 3.62. The highest BCUT2D eigenvalue weighted by molar-refractivity contribution is 5.84. The topological polar surface area (TPSA) is 83.0 Å². The third kappa shape index (κ3) is 2.64. The summed E-state index contributed by atoms with van der Waals surface area (Å²) in [6.45, 7) is 3.21. The number of rotatable bonds is 2. The number of pyridine rings is 1. The lowest BCUT2D eigenvalue weighted by molar-refractivity contribution is -0.133. The van der Waals surface area contributed by atoms with E-state index < -0.39 is 0 Å². The second kappa shape index (κ2) is 5.89. The maximum atomic E-state index is 12.5. The Morgan fingerprint density at radius 3 is 2.80 bits per heavy atom. The number of aryl methyl sites for hydroxylation is 1. The van der Waals surface area contributed by atoms with E-state index in [1.54, 1.807) is 0 Å². The van der Waals surface area contributed by atoms with Crippen LogP contribution in [0.1, 0.15) is 35.2 Å². The third-order valence-electron chi connectivity index (χ3n) is 5.14. The van der Waals surface area contributed by atoms with Crippen LogP contribution in [0.5, 0.6) is 0 Å². The minimum atomic E-state index is 0.195. The number of anilines is 1. The van der Waals surface area contributed by atoms with Crippen molar-refractivity contribution < 1.29 is 4.79 Å². The molecular formula is C20H20N4O. The van der Waals surface area contributed by atoms with E-state index in [9.17, 15) is 10.1 Å². The Hall–Kier alpha value is -2.87. The van der Waals surface area contributed by atoms with Crippen LogP contribution in [0.4, 0.5) is 5.82 Å². The highest BCUT2D eigenvalue weighted by Crippen LogP contribution is 2.38. The van der Waals surface area contributed by atoms with Crippen LogP contribution in [-0.4, -0.2) is 22.3 Å². The van der Waals surface area contributed by atoms with E-state index in [2.05, 4.69) is 11.1 Å².